The van der Waals surface area contributed by atoms with Gasteiger partial charge in [-0.05, 0) is 43.4 Å². The summed E-state index contributed by atoms with van der Waals surface area (Å²) in [6.07, 6.45) is 6.02. The molecule has 0 bridgehead atoms. The lowest BCUT2D eigenvalue weighted by Gasteiger charge is -2.30. The zero-order valence-electron chi connectivity index (χ0n) is 10.8. The first-order valence-electron chi connectivity index (χ1n) is 6.40. The first-order valence-corrected chi connectivity index (χ1v) is 6.40. The standard InChI is InChI=1S/C13H24N2O/c1-12(2,3)10-5-4-7-13(8-6-10)9-15-11(14)16-13/h10H,4-9H2,1-3H3,(H2,14,15). The maximum Gasteiger partial charge on any atom is 0.282 e. The Morgan fingerprint density at radius 3 is 2.62 bits per heavy atom. The Balaban J connectivity index is 1.99. The average Bonchev–Trinajstić information content (AvgIpc) is 2.42. The van der Waals surface area contributed by atoms with Gasteiger partial charge in [-0.1, -0.05) is 20.8 Å². The van der Waals surface area contributed by atoms with Gasteiger partial charge in [-0.25, -0.2) is 4.99 Å². The van der Waals surface area contributed by atoms with Gasteiger partial charge >= 0.3 is 0 Å². The minimum absolute atomic E-state index is 0.0515. The molecule has 1 aliphatic carbocycles. The largest absolute Gasteiger partial charge is 0.457 e. The lowest BCUT2D eigenvalue weighted by molar-refractivity contribution is 0.0651. The molecule has 2 atom stereocenters. The van der Waals surface area contributed by atoms with E-state index in [0.29, 0.717) is 11.4 Å². The Morgan fingerprint density at radius 2 is 2.06 bits per heavy atom. The van der Waals surface area contributed by atoms with E-state index in [1.54, 1.807) is 0 Å². The van der Waals surface area contributed by atoms with Crippen molar-refractivity contribution in [2.24, 2.45) is 22.1 Å². The van der Waals surface area contributed by atoms with Crippen LogP contribution in [0.2, 0.25) is 0 Å². The third-order valence-electron chi connectivity index (χ3n) is 4.20. The minimum atomic E-state index is -0.0515. The van der Waals surface area contributed by atoms with Gasteiger partial charge in [0.05, 0.1) is 6.54 Å². The maximum atomic E-state index is 5.76. The summed E-state index contributed by atoms with van der Waals surface area (Å²) in [6.45, 7) is 7.80. The molecule has 0 radical (unpaired) electrons. The molecule has 92 valence electrons. The third-order valence-corrected chi connectivity index (χ3v) is 4.20. The van der Waals surface area contributed by atoms with Gasteiger partial charge in [0.1, 0.15) is 5.60 Å². The van der Waals surface area contributed by atoms with E-state index in [-0.39, 0.29) is 5.60 Å². The Morgan fingerprint density at radius 1 is 1.31 bits per heavy atom. The van der Waals surface area contributed by atoms with Crippen LogP contribution in [0.5, 0.6) is 0 Å². The first-order chi connectivity index (χ1) is 7.41. The summed E-state index contributed by atoms with van der Waals surface area (Å²) < 4.78 is 5.76. The number of rotatable bonds is 0. The molecule has 1 heterocycles. The maximum absolute atomic E-state index is 5.76. The lowest BCUT2D eigenvalue weighted by atomic mass is 9.76. The first kappa shape index (κ1) is 11.7. The van der Waals surface area contributed by atoms with Crippen molar-refractivity contribution in [3.63, 3.8) is 0 Å². The number of ether oxygens (including phenoxy) is 1. The van der Waals surface area contributed by atoms with Gasteiger partial charge in [-0.2, -0.15) is 0 Å². The summed E-state index contributed by atoms with van der Waals surface area (Å²) in [7, 11) is 0. The molecule has 16 heavy (non-hydrogen) atoms. The predicted octanol–water partition coefficient (Wildman–Crippen LogP) is 2.70. The van der Waals surface area contributed by atoms with Crippen molar-refractivity contribution >= 4 is 6.02 Å². The molecule has 0 aromatic rings. The van der Waals surface area contributed by atoms with Crippen molar-refractivity contribution in [1.82, 2.24) is 0 Å². The smallest absolute Gasteiger partial charge is 0.282 e. The highest BCUT2D eigenvalue weighted by Gasteiger charge is 2.40. The fourth-order valence-electron chi connectivity index (χ4n) is 3.01. The van der Waals surface area contributed by atoms with E-state index in [2.05, 4.69) is 25.8 Å². The predicted molar refractivity (Wildman–Crippen MR) is 66.3 cm³/mol. The highest BCUT2D eigenvalue weighted by atomic mass is 16.5. The van der Waals surface area contributed by atoms with E-state index in [1.807, 2.05) is 0 Å². The van der Waals surface area contributed by atoms with Gasteiger partial charge in [-0.15, -0.1) is 0 Å². The Bertz CT molecular complexity index is 293. The lowest BCUT2D eigenvalue weighted by Crippen LogP contribution is -2.34. The van der Waals surface area contributed by atoms with Crippen molar-refractivity contribution in [2.45, 2.75) is 58.5 Å². The van der Waals surface area contributed by atoms with Crippen LogP contribution in [0.15, 0.2) is 4.99 Å². The number of nitrogens with zero attached hydrogens (tertiary/aromatic N) is 1. The second kappa shape index (κ2) is 3.94. The summed E-state index contributed by atoms with van der Waals surface area (Å²) in [6, 6.07) is 0.397. The van der Waals surface area contributed by atoms with Gasteiger partial charge in [-0.3, -0.25) is 0 Å². The van der Waals surface area contributed by atoms with Crippen LogP contribution in [0.25, 0.3) is 0 Å². The van der Waals surface area contributed by atoms with Crippen LogP contribution in [0, 0.1) is 11.3 Å². The van der Waals surface area contributed by atoms with Crippen molar-refractivity contribution < 1.29 is 4.74 Å². The number of hydrogen-bond acceptors (Lipinski definition) is 3. The van der Waals surface area contributed by atoms with Crippen LogP contribution in [-0.4, -0.2) is 18.2 Å². The van der Waals surface area contributed by atoms with E-state index in [4.69, 9.17) is 10.5 Å². The highest BCUT2D eigenvalue weighted by molar-refractivity contribution is 5.73. The summed E-state index contributed by atoms with van der Waals surface area (Å²) in [5.41, 5.74) is 6.00. The van der Waals surface area contributed by atoms with Crippen LogP contribution in [0.4, 0.5) is 0 Å². The minimum Gasteiger partial charge on any atom is -0.457 e. The fourth-order valence-corrected chi connectivity index (χ4v) is 3.01. The number of amidine groups is 1. The van der Waals surface area contributed by atoms with E-state index >= 15 is 0 Å². The van der Waals surface area contributed by atoms with Crippen molar-refractivity contribution in [3.8, 4) is 0 Å². The second-order valence-electron chi connectivity index (χ2n) is 6.43. The van der Waals surface area contributed by atoms with Crippen LogP contribution in [0.3, 0.4) is 0 Å². The molecule has 2 N–H and O–H groups in total. The molecule has 2 unspecified atom stereocenters. The Hall–Kier alpha value is -0.730. The molecule has 0 aromatic heterocycles. The molecular formula is C13H24N2O. The van der Waals surface area contributed by atoms with Crippen molar-refractivity contribution in [3.05, 3.63) is 0 Å². The zero-order valence-corrected chi connectivity index (χ0v) is 10.8. The van der Waals surface area contributed by atoms with Gasteiger partial charge in [0.15, 0.2) is 0 Å². The molecule has 1 aliphatic heterocycles. The molecule has 1 fully saturated rings. The van der Waals surface area contributed by atoms with E-state index in [1.165, 1.54) is 19.3 Å². The Labute approximate surface area is 98.5 Å². The number of aliphatic imine (C=N–C) groups is 1. The molecule has 3 heteroatoms. The molecule has 1 spiro atoms. The van der Waals surface area contributed by atoms with Crippen LogP contribution in [0.1, 0.15) is 52.9 Å². The summed E-state index contributed by atoms with van der Waals surface area (Å²) >= 11 is 0. The van der Waals surface area contributed by atoms with Gasteiger partial charge in [0, 0.05) is 0 Å². The second-order valence-corrected chi connectivity index (χ2v) is 6.43. The summed E-state index contributed by atoms with van der Waals surface area (Å²) in [5.74, 6) is 0.803. The van der Waals surface area contributed by atoms with Crippen LogP contribution < -0.4 is 5.73 Å². The summed E-state index contributed by atoms with van der Waals surface area (Å²) in [5, 5.41) is 0. The number of nitrogens with two attached hydrogens (primary N) is 1. The third kappa shape index (κ3) is 2.33. The van der Waals surface area contributed by atoms with Crippen molar-refractivity contribution in [2.75, 3.05) is 6.54 Å². The van der Waals surface area contributed by atoms with Crippen molar-refractivity contribution in [1.29, 1.82) is 0 Å². The monoisotopic (exact) mass is 224 g/mol. The van der Waals surface area contributed by atoms with E-state index in [9.17, 15) is 0 Å². The average molecular weight is 224 g/mol. The molecular weight excluding hydrogens is 200 g/mol. The number of hydrogen-bond donors (Lipinski definition) is 1. The van der Waals surface area contributed by atoms with Gasteiger partial charge < -0.3 is 10.5 Å². The molecule has 0 aromatic carbocycles. The molecule has 0 saturated heterocycles. The van der Waals surface area contributed by atoms with Gasteiger partial charge in [0.2, 0.25) is 0 Å². The molecule has 2 aliphatic rings. The SMILES string of the molecule is CC(C)(C)C1CCCC2(CC1)CN=C(N)O2. The summed E-state index contributed by atoms with van der Waals surface area (Å²) in [4.78, 5) is 4.21. The molecule has 3 nitrogen and oxygen atoms in total. The van der Waals surface area contributed by atoms with Gasteiger partial charge in [0.25, 0.3) is 6.02 Å². The molecule has 2 rings (SSSR count). The molecule has 1 saturated carbocycles. The quantitative estimate of drug-likeness (QED) is 0.687. The Kier molecular flexibility index (Phi) is 2.89. The van der Waals surface area contributed by atoms with E-state index in [0.717, 1.165) is 25.3 Å². The zero-order chi connectivity index (χ0) is 11.8. The van der Waals surface area contributed by atoms with Crippen LogP contribution >= 0.6 is 0 Å². The highest BCUT2D eigenvalue weighted by Crippen LogP contribution is 2.42. The van der Waals surface area contributed by atoms with Crippen LogP contribution in [-0.2, 0) is 4.74 Å². The molecule has 0 amide bonds. The topological polar surface area (TPSA) is 47.6 Å². The van der Waals surface area contributed by atoms with E-state index < -0.39 is 0 Å². The fraction of sp³-hybridized carbons (Fsp3) is 0.923. The normalized spacial score (nSPS) is 35.7.